The summed E-state index contributed by atoms with van der Waals surface area (Å²) in [6, 6.07) is 3.26. The predicted octanol–water partition coefficient (Wildman–Crippen LogP) is 2.97. The lowest BCUT2D eigenvalue weighted by Gasteiger charge is -2.14. The fourth-order valence-corrected chi connectivity index (χ4v) is 6.40. The SMILES string of the molecule is Nc1cc(Br)cc(Br)c1S(=O)(=O)NCC1CCCS1. The van der Waals surface area contributed by atoms with Crippen molar-refractivity contribution in [3.63, 3.8) is 0 Å². The van der Waals surface area contributed by atoms with Gasteiger partial charge in [-0.2, -0.15) is 11.8 Å². The summed E-state index contributed by atoms with van der Waals surface area (Å²) in [6.45, 7) is 0.453. The first-order valence-electron chi connectivity index (χ1n) is 5.76. The van der Waals surface area contributed by atoms with Gasteiger partial charge in [-0.05, 0) is 46.7 Å². The van der Waals surface area contributed by atoms with E-state index in [2.05, 4.69) is 36.6 Å². The maximum Gasteiger partial charge on any atom is 0.243 e. The Kier molecular flexibility index (Phi) is 5.21. The number of halogens is 2. The van der Waals surface area contributed by atoms with Gasteiger partial charge in [-0.25, -0.2) is 13.1 Å². The van der Waals surface area contributed by atoms with Crippen molar-refractivity contribution in [2.24, 2.45) is 0 Å². The van der Waals surface area contributed by atoms with Crippen LogP contribution in [0.4, 0.5) is 5.69 Å². The summed E-state index contributed by atoms with van der Waals surface area (Å²) in [5, 5.41) is 0.366. The average molecular weight is 430 g/mol. The highest BCUT2D eigenvalue weighted by Crippen LogP contribution is 2.32. The number of benzene rings is 1. The minimum Gasteiger partial charge on any atom is -0.398 e. The maximum atomic E-state index is 12.3. The normalized spacial score (nSPS) is 19.8. The van der Waals surface area contributed by atoms with Gasteiger partial charge in [0.2, 0.25) is 10.0 Å². The van der Waals surface area contributed by atoms with Gasteiger partial charge in [0.15, 0.2) is 0 Å². The molecule has 0 aromatic heterocycles. The number of nitrogens with one attached hydrogen (secondary N) is 1. The van der Waals surface area contributed by atoms with Crippen molar-refractivity contribution >= 4 is 59.3 Å². The summed E-state index contributed by atoms with van der Waals surface area (Å²) >= 11 is 8.34. The van der Waals surface area contributed by atoms with Gasteiger partial charge in [-0.15, -0.1) is 0 Å². The van der Waals surface area contributed by atoms with Crippen LogP contribution >= 0.6 is 43.6 Å². The van der Waals surface area contributed by atoms with Gasteiger partial charge in [0.1, 0.15) is 4.90 Å². The smallest absolute Gasteiger partial charge is 0.243 e. The van der Waals surface area contributed by atoms with E-state index in [1.807, 2.05) is 11.8 Å². The number of anilines is 1. The molecule has 8 heteroatoms. The minimum atomic E-state index is -3.58. The highest BCUT2D eigenvalue weighted by molar-refractivity contribution is 9.11. The van der Waals surface area contributed by atoms with Crippen molar-refractivity contribution in [1.29, 1.82) is 0 Å². The van der Waals surface area contributed by atoms with E-state index >= 15 is 0 Å². The number of hydrogen-bond acceptors (Lipinski definition) is 4. The number of rotatable bonds is 4. The molecule has 0 radical (unpaired) electrons. The molecule has 106 valence electrons. The number of thioether (sulfide) groups is 1. The zero-order valence-corrected chi connectivity index (χ0v) is 14.8. The first kappa shape index (κ1) is 15.6. The monoisotopic (exact) mass is 428 g/mol. The second-order valence-corrected chi connectivity index (χ2v) is 9.17. The summed E-state index contributed by atoms with van der Waals surface area (Å²) in [5.41, 5.74) is 6.04. The first-order valence-corrected chi connectivity index (χ1v) is 9.88. The first-order chi connectivity index (χ1) is 8.90. The van der Waals surface area contributed by atoms with Crippen LogP contribution in [0, 0.1) is 0 Å². The van der Waals surface area contributed by atoms with Gasteiger partial charge >= 0.3 is 0 Å². The van der Waals surface area contributed by atoms with Gasteiger partial charge < -0.3 is 5.73 Å². The maximum absolute atomic E-state index is 12.3. The van der Waals surface area contributed by atoms with Crippen LogP contribution in [-0.2, 0) is 10.0 Å². The Labute approximate surface area is 134 Å². The molecule has 1 saturated heterocycles. The zero-order valence-electron chi connectivity index (χ0n) is 10.0. The van der Waals surface area contributed by atoms with E-state index in [-0.39, 0.29) is 10.6 Å². The summed E-state index contributed by atoms with van der Waals surface area (Å²) in [6.07, 6.45) is 2.21. The van der Waals surface area contributed by atoms with Crippen molar-refractivity contribution in [3.8, 4) is 0 Å². The Morgan fingerprint density at radius 2 is 2.16 bits per heavy atom. The van der Waals surface area contributed by atoms with Crippen LogP contribution in [0.15, 0.2) is 26.0 Å². The molecule has 1 heterocycles. The third kappa shape index (κ3) is 3.87. The Hall–Kier alpha value is 0.240. The molecule has 1 aliphatic heterocycles. The van der Waals surface area contributed by atoms with E-state index in [4.69, 9.17) is 5.73 Å². The molecule has 4 nitrogen and oxygen atoms in total. The molecule has 1 fully saturated rings. The highest BCUT2D eigenvalue weighted by Gasteiger charge is 2.24. The van der Waals surface area contributed by atoms with Gasteiger partial charge in [-0.3, -0.25) is 0 Å². The molecule has 0 saturated carbocycles. The molecule has 1 aliphatic rings. The van der Waals surface area contributed by atoms with Crippen molar-refractivity contribution < 1.29 is 8.42 Å². The Morgan fingerprint density at radius 1 is 1.42 bits per heavy atom. The van der Waals surface area contributed by atoms with Crippen molar-refractivity contribution in [2.45, 2.75) is 23.0 Å². The lowest BCUT2D eigenvalue weighted by atomic mass is 10.2. The molecule has 2 rings (SSSR count). The number of hydrogen-bond donors (Lipinski definition) is 2. The number of nitrogens with two attached hydrogens (primary N) is 1. The molecule has 19 heavy (non-hydrogen) atoms. The van der Waals surface area contributed by atoms with Crippen LogP contribution in [0.3, 0.4) is 0 Å². The van der Waals surface area contributed by atoms with E-state index < -0.39 is 10.0 Å². The van der Waals surface area contributed by atoms with E-state index in [1.54, 1.807) is 12.1 Å². The number of sulfonamides is 1. The molecule has 1 atom stereocenters. The third-order valence-corrected chi connectivity index (χ3v) is 7.11. The summed E-state index contributed by atoms with van der Waals surface area (Å²) in [7, 11) is -3.58. The molecule has 0 aliphatic carbocycles. The van der Waals surface area contributed by atoms with E-state index in [0.717, 1.165) is 23.1 Å². The second kappa shape index (κ2) is 6.34. The molecular formula is C11H14Br2N2O2S2. The quantitative estimate of drug-likeness (QED) is 0.721. The number of nitrogen functional groups attached to an aromatic ring is 1. The van der Waals surface area contributed by atoms with E-state index in [9.17, 15) is 8.42 Å². The largest absolute Gasteiger partial charge is 0.398 e. The Balaban J connectivity index is 2.19. The fourth-order valence-electron chi connectivity index (χ4n) is 1.94. The van der Waals surface area contributed by atoms with Gasteiger partial charge in [0, 0.05) is 20.7 Å². The third-order valence-electron chi connectivity index (χ3n) is 2.83. The Bertz CT molecular complexity index is 549. The van der Waals surface area contributed by atoms with Crippen LogP contribution in [-0.4, -0.2) is 26.0 Å². The predicted molar refractivity (Wildman–Crippen MR) is 86.9 cm³/mol. The Morgan fingerprint density at radius 3 is 2.74 bits per heavy atom. The van der Waals surface area contributed by atoms with Crippen LogP contribution in [0.1, 0.15) is 12.8 Å². The van der Waals surface area contributed by atoms with Gasteiger partial charge in [0.25, 0.3) is 0 Å². The van der Waals surface area contributed by atoms with Crippen LogP contribution in [0.2, 0.25) is 0 Å². The van der Waals surface area contributed by atoms with Crippen molar-refractivity contribution in [1.82, 2.24) is 4.72 Å². The van der Waals surface area contributed by atoms with Gasteiger partial charge in [0.05, 0.1) is 5.69 Å². The second-order valence-electron chi connectivity index (χ2n) is 4.29. The minimum absolute atomic E-state index is 0.110. The molecule has 1 unspecified atom stereocenters. The van der Waals surface area contributed by atoms with E-state index in [0.29, 0.717) is 16.3 Å². The van der Waals surface area contributed by atoms with Gasteiger partial charge in [-0.1, -0.05) is 15.9 Å². The van der Waals surface area contributed by atoms with E-state index in [1.165, 1.54) is 0 Å². The molecule has 3 N–H and O–H groups in total. The van der Waals surface area contributed by atoms with Crippen LogP contribution in [0.5, 0.6) is 0 Å². The highest BCUT2D eigenvalue weighted by atomic mass is 79.9. The van der Waals surface area contributed by atoms with Crippen molar-refractivity contribution in [3.05, 3.63) is 21.1 Å². The molecule has 0 amide bonds. The topological polar surface area (TPSA) is 72.2 Å². The average Bonchev–Trinajstić information content (AvgIpc) is 2.77. The lowest BCUT2D eigenvalue weighted by molar-refractivity contribution is 0.579. The zero-order chi connectivity index (χ0) is 14.0. The summed E-state index contributed by atoms with van der Waals surface area (Å²) in [5.74, 6) is 1.11. The molecule has 0 bridgehead atoms. The van der Waals surface area contributed by atoms with Crippen molar-refractivity contribution in [2.75, 3.05) is 18.0 Å². The lowest BCUT2D eigenvalue weighted by Crippen LogP contribution is -2.30. The van der Waals surface area contributed by atoms with Crippen LogP contribution in [0.25, 0.3) is 0 Å². The summed E-state index contributed by atoms with van der Waals surface area (Å²) in [4.78, 5) is 0.110. The summed E-state index contributed by atoms with van der Waals surface area (Å²) < 4.78 is 28.4. The molecule has 1 aromatic rings. The standard InChI is InChI=1S/C11H14Br2N2O2S2/c12-7-4-9(13)11(10(14)5-7)19(16,17)15-6-8-2-1-3-18-8/h4-5,8,15H,1-3,6,14H2. The fraction of sp³-hybridized carbons (Fsp3) is 0.455. The molecular weight excluding hydrogens is 416 g/mol. The molecule has 1 aromatic carbocycles. The molecule has 0 spiro atoms. The van der Waals surface area contributed by atoms with Crippen LogP contribution < -0.4 is 10.5 Å².